The molecule has 2 unspecified atom stereocenters. The van der Waals surface area contributed by atoms with Gasteiger partial charge in [0.1, 0.15) is 12.4 Å². The monoisotopic (exact) mass is 530 g/mol. The lowest BCUT2D eigenvalue weighted by molar-refractivity contribution is -0.141. The Morgan fingerprint density at radius 2 is 2.05 bits per heavy atom. The van der Waals surface area contributed by atoms with Crippen molar-refractivity contribution in [3.05, 3.63) is 47.5 Å². The molecule has 2 aliphatic rings. The van der Waals surface area contributed by atoms with Crippen LogP contribution in [-0.2, 0) is 20.7 Å². The molecule has 4 rings (SSSR count). The number of para-hydroxylation sites is 1. The van der Waals surface area contributed by atoms with E-state index in [2.05, 4.69) is 27.9 Å². The van der Waals surface area contributed by atoms with Crippen LogP contribution in [0.4, 0.5) is 8.78 Å². The topological polar surface area (TPSA) is 70.2 Å². The molecule has 9 heteroatoms. The summed E-state index contributed by atoms with van der Waals surface area (Å²) in [7, 11) is 3.31. The van der Waals surface area contributed by atoms with Crippen LogP contribution in [0.5, 0.6) is 0 Å². The highest BCUT2D eigenvalue weighted by atomic mass is 19.1. The summed E-state index contributed by atoms with van der Waals surface area (Å²) in [6.07, 6.45) is 2.76. The summed E-state index contributed by atoms with van der Waals surface area (Å²) < 4.78 is 39.6. The highest BCUT2D eigenvalue weighted by Crippen LogP contribution is 2.55. The van der Waals surface area contributed by atoms with Gasteiger partial charge in [-0.2, -0.15) is 0 Å². The quantitative estimate of drug-likeness (QED) is 0.428. The molecule has 2 aromatic rings. The third-order valence-corrected chi connectivity index (χ3v) is 8.37. The van der Waals surface area contributed by atoms with Crippen LogP contribution < -0.4 is 0 Å². The van der Waals surface area contributed by atoms with Crippen LogP contribution in [0.25, 0.3) is 10.9 Å². The van der Waals surface area contributed by atoms with Crippen LogP contribution in [-0.4, -0.2) is 79.8 Å². The van der Waals surface area contributed by atoms with Gasteiger partial charge < -0.3 is 19.4 Å². The van der Waals surface area contributed by atoms with Crippen molar-refractivity contribution in [2.45, 2.75) is 52.1 Å². The van der Waals surface area contributed by atoms with E-state index in [4.69, 9.17) is 9.47 Å². The Kier molecular flexibility index (Phi) is 8.88. The molecule has 1 N–H and O–H groups in total. The lowest BCUT2D eigenvalue weighted by Gasteiger charge is -2.51. The third kappa shape index (κ3) is 5.36. The summed E-state index contributed by atoms with van der Waals surface area (Å²) in [6, 6.07) is 7.85. The molecule has 38 heavy (non-hydrogen) atoms. The molecule has 0 aliphatic carbocycles. The molecule has 0 saturated carbocycles. The molecule has 0 amide bonds. The summed E-state index contributed by atoms with van der Waals surface area (Å²) in [6.45, 7) is 7.75. The Bertz CT molecular complexity index is 1200. The summed E-state index contributed by atoms with van der Waals surface area (Å²) in [5.41, 5.74) is 2.17. The Hall–Kier alpha value is -2.78. The van der Waals surface area contributed by atoms with Crippen LogP contribution in [0.15, 0.2) is 41.3 Å². The van der Waals surface area contributed by atoms with Crippen molar-refractivity contribution < 1.29 is 23.0 Å². The van der Waals surface area contributed by atoms with Crippen molar-refractivity contribution in [3.8, 4) is 0 Å². The van der Waals surface area contributed by atoms with E-state index in [1.54, 1.807) is 0 Å². The first-order valence-corrected chi connectivity index (χ1v) is 13.5. The molecule has 208 valence electrons. The molecule has 3 heterocycles. The number of carbonyl (C=O) groups is 1. The molecule has 0 saturated heterocycles. The SMILES string of the molecule is COC(=O)CCN1[C@H](C)Cc2c([nH]c3ccccc23)[C@H]1C1(C)C(F)=CN=C(OCCN(C)CCCF)C1C. The number of aromatic amines is 1. The number of nitrogens with one attached hydrogen (secondary N) is 1. The van der Waals surface area contributed by atoms with E-state index in [1.165, 1.54) is 18.9 Å². The number of carbonyl (C=O) groups excluding carboxylic acids is 1. The number of fused-ring (bicyclic) bond motifs is 3. The summed E-state index contributed by atoms with van der Waals surface area (Å²) >= 11 is 0. The highest BCUT2D eigenvalue weighted by molar-refractivity contribution is 5.86. The van der Waals surface area contributed by atoms with Crippen LogP contribution in [0.2, 0.25) is 0 Å². The third-order valence-electron chi connectivity index (χ3n) is 8.37. The Labute approximate surface area is 223 Å². The molecule has 1 aromatic heterocycles. The first-order chi connectivity index (χ1) is 18.2. The summed E-state index contributed by atoms with van der Waals surface area (Å²) in [5, 5.41) is 1.14. The molecule has 7 nitrogen and oxygen atoms in total. The van der Waals surface area contributed by atoms with E-state index in [0.29, 0.717) is 38.6 Å². The molecule has 4 atom stereocenters. The minimum Gasteiger partial charge on any atom is -0.479 e. The number of aliphatic imine (C=N–C) groups is 1. The summed E-state index contributed by atoms with van der Waals surface area (Å²) in [5.74, 6) is -0.502. The van der Waals surface area contributed by atoms with Crippen LogP contribution in [0, 0.1) is 11.3 Å². The van der Waals surface area contributed by atoms with Gasteiger partial charge in [0.15, 0.2) is 5.90 Å². The van der Waals surface area contributed by atoms with E-state index in [9.17, 15) is 9.18 Å². The zero-order valence-corrected chi connectivity index (χ0v) is 23.1. The van der Waals surface area contributed by atoms with Gasteiger partial charge in [-0.15, -0.1) is 0 Å². The molecule has 0 spiro atoms. The first-order valence-electron chi connectivity index (χ1n) is 13.5. The van der Waals surface area contributed by atoms with Gasteiger partial charge in [-0.1, -0.05) is 32.0 Å². The fraction of sp³-hybridized carbons (Fsp3) is 0.586. The molecule has 1 aromatic carbocycles. The number of aromatic nitrogens is 1. The molecular weight excluding hydrogens is 490 g/mol. The van der Waals surface area contributed by atoms with Gasteiger partial charge in [-0.25, -0.2) is 9.38 Å². The normalized spacial score (nSPS) is 25.7. The first kappa shape index (κ1) is 28.2. The molecule has 0 radical (unpaired) electrons. The van der Waals surface area contributed by atoms with Crippen molar-refractivity contribution in [3.63, 3.8) is 0 Å². The van der Waals surface area contributed by atoms with Gasteiger partial charge in [0.25, 0.3) is 0 Å². The van der Waals surface area contributed by atoms with Crippen LogP contribution in [0.3, 0.4) is 0 Å². The number of nitrogens with zero attached hydrogens (tertiary/aromatic N) is 3. The average molecular weight is 531 g/mol. The second-order valence-electron chi connectivity index (χ2n) is 10.7. The Balaban J connectivity index is 1.68. The minimum absolute atomic E-state index is 0.0700. The predicted octanol–water partition coefficient (Wildman–Crippen LogP) is 5.19. The maximum absolute atomic E-state index is 16.1. The number of esters is 1. The number of methoxy groups -OCH3 is 1. The molecule has 0 bridgehead atoms. The number of alkyl halides is 1. The van der Waals surface area contributed by atoms with E-state index >= 15 is 4.39 Å². The van der Waals surface area contributed by atoms with Crippen molar-refractivity contribution in [1.29, 1.82) is 0 Å². The van der Waals surface area contributed by atoms with Crippen molar-refractivity contribution in [1.82, 2.24) is 14.8 Å². The summed E-state index contributed by atoms with van der Waals surface area (Å²) in [4.78, 5) is 24.3. The number of halogens is 2. The van der Waals surface area contributed by atoms with E-state index in [1.807, 2.05) is 44.0 Å². The number of benzene rings is 1. The fourth-order valence-corrected chi connectivity index (χ4v) is 5.94. The van der Waals surface area contributed by atoms with Crippen molar-refractivity contribution >= 4 is 22.8 Å². The standard InChI is InChI=1S/C29H40F2N4O3/c1-19-17-22-21-9-6-7-10-23(21)33-26(22)27(35(19)14-11-25(36)37-5)29(3)20(2)28(32-18-24(29)31)38-16-15-34(4)13-8-12-30/h6-7,9-10,18-20,27,33H,8,11-17H2,1-5H3/t19-,20?,27+,29?/m1/s1. The lowest BCUT2D eigenvalue weighted by Crippen LogP contribution is -2.53. The van der Waals surface area contributed by atoms with Crippen LogP contribution in [0.1, 0.15) is 50.9 Å². The molecule has 0 fully saturated rings. The number of ether oxygens (including phenoxy) is 2. The number of hydrogen-bond donors (Lipinski definition) is 1. The molecular formula is C29H40F2N4O3. The van der Waals surface area contributed by atoms with Crippen molar-refractivity contribution in [2.75, 3.05) is 47.1 Å². The largest absolute Gasteiger partial charge is 0.479 e. The lowest BCUT2D eigenvalue weighted by atomic mass is 9.66. The maximum Gasteiger partial charge on any atom is 0.306 e. The van der Waals surface area contributed by atoms with Gasteiger partial charge >= 0.3 is 5.97 Å². The second-order valence-corrected chi connectivity index (χ2v) is 10.7. The Morgan fingerprint density at radius 3 is 2.79 bits per heavy atom. The highest BCUT2D eigenvalue weighted by Gasteiger charge is 2.54. The van der Waals surface area contributed by atoms with E-state index in [0.717, 1.165) is 23.0 Å². The van der Waals surface area contributed by atoms with E-state index < -0.39 is 5.41 Å². The average Bonchev–Trinajstić information content (AvgIpc) is 3.28. The van der Waals surface area contributed by atoms with Gasteiger partial charge in [-0.05, 0) is 38.4 Å². The smallest absolute Gasteiger partial charge is 0.306 e. The van der Waals surface area contributed by atoms with E-state index in [-0.39, 0.29) is 42.9 Å². The zero-order chi connectivity index (χ0) is 27.4. The van der Waals surface area contributed by atoms with Gasteiger partial charge in [0.2, 0.25) is 0 Å². The Morgan fingerprint density at radius 1 is 1.29 bits per heavy atom. The molecule has 2 aliphatic heterocycles. The number of likely N-dealkylation sites (N-methyl/N-ethyl adjacent to an activating group) is 1. The van der Waals surface area contributed by atoms with Gasteiger partial charge in [-0.3, -0.25) is 14.1 Å². The number of hydrogen-bond acceptors (Lipinski definition) is 6. The number of rotatable bonds is 10. The second kappa shape index (κ2) is 11.9. The predicted molar refractivity (Wildman–Crippen MR) is 145 cm³/mol. The fourth-order valence-electron chi connectivity index (χ4n) is 5.94. The van der Waals surface area contributed by atoms with Crippen LogP contribution >= 0.6 is 0 Å². The maximum atomic E-state index is 16.1. The van der Waals surface area contributed by atoms with Gasteiger partial charge in [0, 0.05) is 48.2 Å². The minimum atomic E-state index is -1.00. The van der Waals surface area contributed by atoms with Crippen molar-refractivity contribution in [2.24, 2.45) is 16.3 Å². The zero-order valence-electron chi connectivity index (χ0n) is 23.1. The number of H-pyrrole nitrogens is 1. The van der Waals surface area contributed by atoms with Gasteiger partial charge in [0.05, 0.1) is 37.9 Å².